The predicted molar refractivity (Wildman–Crippen MR) is 149 cm³/mol. The Morgan fingerprint density at radius 1 is 1.24 bits per heavy atom. The summed E-state index contributed by atoms with van der Waals surface area (Å²) >= 11 is 0. The molecule has 9 nitrogen and oxygen atoms in total. The van der Waals surface area contributed by atoms with Crippen LogP contribution in [0.5, 0.6) is 5.88 Å². The van der Waals surface area contributed by atoms with E-state index in [1.807, 2.05) is 18.2 Å². The molecule has 4 aromatic rings. The molecule has 208 valence electrons. The topological polar surface area (TPSA) is 114 Å². The predicted octanol–water partition coefficient (Wildman–Crippen LogP) is 4.80. The second-order valence-corrected chi connectivity index (χ2v) is 10.2. The van der Waals surface area contributed by atoms with Gasteiger partial charge in [0.15, 0.2) is 0 Å². The van der Waals surface area contributed by atoms with Crippen LogP contribution in [0.15, 0.2) is 60.8 Å². The smallest absolute Gasteiger partial charge is 0.335 e. The van der Waals surface area contributed by atoms with Crippen molar-refractivity contribution in [1.82, 2.24) is 19.4 Å². The van der Waals surface area contributed by atoms with Crippen LogP contribution in [0, 0.1) is 17.1 Å². The van der Waals surface area contributed by atoms with E-state index in [9.17, 15) is 14.3 Å². The van der Waals surface area contributed by atoms with E-state index in [1.165, 1.54) is 6.07 Å². The fourth-order valence-corrected chi connectivity index (χ4v) is 5.19. The van der Waals surface area contributed by atoms with Crippen molar-refractivity contribution in [3.63, 3.8) is 0 Å². The van der Waals surface area contributed by atoms with Gasteiger partial charge in [-0.2, -0.15) is 5.26 Å². The molecular weight excluding hydrogens is 525 g/mol. The Balaban J connectivity index is 1.18. The Morgan fingerprint density at radius 2 is 2.12 bits per heavy atom. The number of benzene rings is 2. The quantitative estimate of drug-likeness (QED) is 0.315. The fourth-order valence-electron chi connectivity index (χ4n) is 5.19. The van der Waals surface area contributed by atoms with E-state index in [2.05, 4.69) is 20.5 Å². The van der Waals surface area contributed by atoms with Crippen molar-refractivity contribution < 1.29 is 23.8 Å². The molecule has 1 N–H and O–H groups in total. The number of fused-ring (bicyclic) bond motifs is 1. The van der Waals surface area contributed by atoms with Gasteiger partial charge in [-0.25, -0.2) is 19.2 Å². The zero-order valence-electron chi connectivity index (χ0n) is 22.3. The Morgan fingerprint density at radius 3 is 2.83 bits per heavy atom. The van der Waals surface area contributed by atoms with Gasteiger partial charge in [0.25, 0.3) is 0 Å². The average molecular weight is 554 g/mol. The van der Waals surface area contributed by atoms with Crippen LogP contribution in [-0.4, -0.2) is 56.3 Å². The normalized spacial score (nSPS) is 17.1. The van der Waals surface area contributed by atoms with Gasteiger partial charge in [0.05, 0.1) is 47.4 Å². The number of nitrogens with zero attached hydrogens (tertiary/aromatic N) is 5. The lowest BCUT2D eigenvalue weighted by molar-refractivity contribution is -0.0591. The highest BCUT2D eigenvalue weighted by Crippen LogP contribution is 2.30. The number of pyridine rings is 1. The van der Waals surface area contributed by atoms with Crippen LogP contribution in [0.1, 0.15) is 45.7 Å². The molecular formula is C31H28FN5O4. The third-order valence-electron chi connectivity index (χ3n) is 7.58. The molecule has 0 aliphatic carbocycles. The molecule has 1 fully saturated rings. The molecule has 0 bridgehead atoms. The number of nitriles is 1. The summed E-state index contributed by atoms with van der Waals surface area (Å²) in [4.78, 5) is 23.1. The number of carboxylic acid groups (broad SMARTS) is 1. The summed E-state index contributed by atoms with van der Waals surface area (Å²) in [5.74, 6) is -0.129. The van der Waals surface area contributed by atoms with Crippen LogP contribution in [0.4, 0.5) is 4.39 Å². The Bertz CT molecular complexity index is 1690. The minimum Gasteiger partial charge on any atom is -0.478 e. The van der Waals surface area contributed by atoms with Crippen LogP contribution in [0.2, 0.25) is 0 Å². The summed E-state index contributed by atoms with van der Waals surface area (Å²) in [5.41, 5.74) is 4.41. The van der Waals surface area contributed by atoms with E-state index < -0.39 is 11.8 Å². The minimum atomic E-state index is -0.962. The molecule has 1 atom stereocenters. The van der Waals surface area contributed by atoms with Crippen molar-refractivity contribution in [2.24, 2.45) is 0 Å². The third-order valence-corrected chi connectivity index (χ3v) is 7.58. The lowest BCUT2D eigenvalue weighted by atomic mass is 10.0. The zero-order valence-corrected chi connectivity index (χ0v) is 22.3. The molecule has 41 heavy (non-hydrogen) atoms. The molecule has 0 amide bonds. The molecule has 2 aromatic carbocycles. The Kier molecular flexibility index (Phi) is 7.46. The van der Waals surface area contributed by atoms with E-state index in [0.717, 1.165) is 54.0 Å². The molecule has 0 saturated carbocycles. The number of imidazole rings is 1. The lowest BCUT2D eigenvalue weighted by Gasteiger charge is -2.29. The van der Waals surface area contributed by atoms with Gasteiger partial charge in [0.1, 0.15) is 18.2 Å². The maximum atomic E-state index is 14.4. The van der Waals surface area contributed by atoms with Crippen molar-refractivity contribution in [1.29, 1.82) is 5.26 Å². The first-order chi connectivity index (χ1) is 20.0. The molecule has 0 unspecified atom stereocenters. The van der Waals surface area contributed by atoms with Gasteiger partial charge in [-0.3, -0.25) is 4.90 Å². The highest BCUT2D eigenvalue weighted by atomic mass is 19.1. The number of carboxylic acids is 1. The summed E-state index contributed by atoms with van der Waals surface area (Å²) in [6.45, 7) is 3.48. The summed E-state index contributed by atoms with van der Waals surface area (Å²) in [6.07, 6.45) is 5.65. The molecule has 2 aliphatic rings. The number of hydrogen-bond donors (Lipinski definition) is 1. The van der Waals surface area contributed by atoms with Crippen molar-refractivity contribution in [2.45, 2.75) is 38.6 Å². The van der Waals surface area contributed by atoms with Gasteiger partial charge >= 0.3 is 5.97 Å². The van der Waals surface area contributed by atoms with Crippen LogP contribution in [0.3, 0.4) is 0 Å². The highest BCUT2D eigenvalue weighted by Gasteiger charge is 2.24. The van der Waals surface area contributed by atoms with Crippen molar-refractivity contribution in [3.05, 3.63) is 94.7 Å². The molecule has 6 rings (SSSR count). The number of hydrogen-bond acceptors (Lipinski definition) is 7. The first kappa shape index (κ1) is 26.6. The standard InChI is InChI=1S/C31H28FN5O4/c32-26-14-20(16-33)3-4-23(26)19-41-30-25(2-1-10-34-30)21-7-11-36(12-8-21)18-29-35-27-6-5-22(31(38)39)15-28(27)37(29)17-24-9-13-40-24/h1-7,10,14-15,24H,8-9,11-13,17-19H2,(H,38,39)/t24-/m0/s1. The first-order valence-corrected chi connectivity index (χ1v) is 13.5. The first-order valence-electron chi connectivity index (χ1n) is 13.5. The Hall–Kier alpha value is -4.59. The minimum absolute atomic E-state index is 0.00544. The number of carbonyl (C=O) groups is 1. The van der Waals surface area contributed by atoms with Crippen LogP contribution in [0.25, 0.3) is 16.6 Å². The van der Waals surface area contributed by atoms with Gasteiger partial charge in [0, 0.05) is 37.0 Å². The maximum Gasteiger partial charge on any atom is 0.335 e. The average Bonchev–Trinajstić information content (AvgIpc) is 3.30. The van der Waals surface area contributed by atoms with E-state index in [0.29, 0.717) is 31.1 Å². The van der Waals surface area contributed by atoms with Gasteiger partial charge in [-0.15, -0.1) is 0 Å². The molecule has 2 aliphatic heterocycles. The second-order valence-electron chi connectivity index (χ2n) is 10.2. The Labute approximate surface area is 236 Å². The molecule has 0 radical (unpaired) electrons. The largest absolute Gasteiger partial charge is 0.478 e. The SMILES string of the molecule is N#Cc1ccc(COc2ncccc2C2=CCN(Cc3nc4ccc(C(=O)O)cc4n3C[C@@H]3CCO3)CC2)c(F)c1. The number of aromatic carboxylic acids is 1. The van der Waals surface area contributed by atoms with Crippen molar-refractivity contribution >= 4 is 22.6 Å². The number of halogens is 1. The molecule has 0 spiro atoms. The monoisotopic (exact) mass is 553 g/mol. The van der Waals surface area contributed by atoms with Crippen LogP contribution < -0.4 is 4.74 Å². The maximum absolute atomic E-state index is 14.4. The lowest BCUT2D eigenvalue weighted by Crippen LogP contribution is -2.33. The molecule has 10 heteroatoms. The van der Waals surface area contributed by atoms with Crippen molar-refractivity contribution in [3.8, 4) is 11.9 Å². The van der Waals surface area contributed by atoms with Crippen molar-refractivity contribution in [2.75, 3.05) is 19.7 Å². The summed E-state index contributed by atoms with van der Waals surface area (Å²) in [7, 11) is 0. The number of rotatable bonds is 9. The van der Waals surface area contributed by atoms with Crippen LogP contribution in [-0.2, 0) is 24.4 Å². The second kappa shape index (κ2) is 11.5. The van der Waals surface area contributed by atoms with E-state index in [4.69, 9.17) is 19.7 Å². The van der Waals surface area contributed by atoms with Gasteiger partial charge in [0.2, 0.25) is 5.88 Å². The van der Waals surface area contributed by atoms with Gasteiger partial charge in [-0.05, 0) is 60.9 Å². The van der Waals surface area contributed by atoms with E-state index >= 15 is 0 Å². The van der Waals surface area contributed by atoms with E-state index in [-0.39, 0.29) is 23.8 Å². The summed E-state index contributed by atoms with van der Waals surface area (Å²) < 4.78 is 28.1. The molecule has 2 aromatic heterocycles. The highest BCUT2D eigenvalue weighted by molar-refractivity contribution is 5.92. The molecule has 4 heterocycles. The summed E-state index contributed by atoms with van der Waals surface area (Å²) in [5, 5.41) is 18.5. The van der Waals surface area contributed by atoms with Crippen LogP contribution >= 0.6 is 0 Å². The van der Waals surface area contributed by atoms with Gasteiger partial charge in [-0.1, -0.05) is 12.1 Å². The fraction of sp³-hybridized carbons (Fsp3) is 0.290. The number of ether oxygens (including phenoxy) is 2. The zero-order chi connectivity index (χ0) is 28.3. The molecule has 1 saturated heterocycles. The summed E-state index contributed by atoms with van der Waals surface area (Å²) in [6, 6.07) is 15.1. The van der Waals surface area contributed by atoms with E-state index in [1.54, 1.807) is 36.5 Å². The third kappa shape index (κ3) is 5.68. The van der Waals surface area contributed by atoms with Gasteiger partial charge < -0.3 is 19.1 Å². The number of aromatic nitrogens is 3.